The van der Waals surface area contributed by atoms with E-state index in [0.29, 0.717) is 5.56 Å². The third-order valence-corrected chi connectivity index (χ3v) is 6.94. The fourth-order valence-electron chi connectivity index (χ4n) is 4.35. The number of amides is 1. The number of rotatable bonds is 13. The van der Waals surface area contributed by atoms with E-state index in [9.17, 15) is 24.0 Å². The molecule has 3 atom stereocenters. The second-order valence-corrected chi connectivity index (χ2v) is 10.3. The summed E-state index contributed by atoms with van der Waals surface area (Å²) in [5, 5.41) is 2.79. The van der Waals surface area contributed by atoms with Crippen molar-refractivity contribution in [2.24, 2.45) is 17.8 Å². The Morgan fingerprint density at radius 2 is 1.33 bits per heavy atom. The van der Waals surface area contributed by atoms with Gasteiger partial charge in [0, 0.05) is 36.7 Å². The van der Waals surface area contributed by atoms with E-state index in [1.165, 1.54) is 6.92 Å². The minimum Gasteiger partial charge on any atom is -0.346 e. The summed E-state index contributed by atoms with van der Waals surface area (Å²) in [5.74, 6) is -3.73. The summed E-state index contributed by atoms with van der Waals surface area (Å²) in [4.78, 5) is 63.5. The Kier molecular flexibility index (Phi) is 10.0. The predicted molar refractivity (Wildman–Crippen MR) is 140 cm³/mol. The van der Waals surface area contributed by atoms with Crippen LogP contribution < -0.4 is 5.32 Å². The number of hydrogen-bond donors (Lipinski definition) is 1. The van der Waals surface area contributed by atoms with Crippen LogP contribution in [0.3, 0.4) is 0 Å². The maximum absolute atomic E-state index is 13.6. The van der Waals surface area contributed by atoms with Gasteiger partial charge in [-0.05, 0) is 18.4 Å². The van der Waals surface area contributed by atoms with Gasteiger partial charge >= 0.3 is 0 Å². The van der Waals surface area contributed by atoms with Crippen LogP contribution >= 0.6 is 0 Å². The Bertz CT molecular complexity index is 1090. The first kappa shape index (κ1) is 28.8. The largest absolute Gasteiger partial charge is 0.346 e. The fourth-order valence-corrected chi connectivity index (χ4v) is 4.35. The van der Waals surface area contributed by atoms with Crippen LogP contribution in [0, 0.1) is 17.8 Å². The van der Waals surface area contributed by atoms with Crippen LogP contribution in [0.15, 0.2) is 60.7 Å². The fraction of sp³-hybridized carbons (Fsp3) is 0.433. The highest BCUT2D eigenvalue weighted by Crippen LogP contribution is 2.35. The highest BCUT2D eigenvalue weighted by molar-refractivity contribution is 6.37. The Morgan fingerprint density at radius 3 is 1.83 bits per heavy atom. The molecule has 6 nitrogen and oxygen atoms in total. The summed E-state index contributed by atoms with van der Waals surface area (Å²) in [5.41, 5.74) is 0.714. The van der Waals surface area contributed by atoms with Gasteiger partial charge in [-0.2, -0.15) is 0 Å². The van der Waals surface area contributed by atoms with Crippen LogP contribution in [-0.4, -0.2) is 35.1 Å². The molecule has 0 fully saturated rings. The molecule has 2 aromatic carbocycles. The van der Waals surface area contributed by atoms with Gasteiger partial charge in [0.15, 0.2) is 17.3 Å². The van der Waals surface area contributed by atoms with E-state index in [0.717, 1.165) is 5.56 Å². The van der Waals surface area contributed by atoms with Gasteiger partial charge in [-0.3, -0.25) is 24.0 Å². The van der Waals surface area contributed by atoms with Crippen molar-refractivity contribution in [1.82, 2.24) is 5.32 Å². The molecule has 0 unspecified atom stereocenters. The second kappa shape index (κ2) is 12.5. The second-order valence-electron chi connectivity index (χ2n) is 10.3. The van der Waals surface area contributed by atoms with E-state index >= 15 is 0 Å². The summed E-state index contributed by atoms with van der Waals surface area (Å²) in [7, 11) is 0. The summed E-state index contributed by atoms with van der Waals surface area (Å²) >= 11 is 0. The molecule has 0 saturated carbocycles. The molecule has 0 aromatic heterocycles. The minimum atomic E-state index is -0.876. The summed E-state index contributed by atoms with van der Waals surface area (Å²) in [6.45, 7) is 10.2. The van der Waals surface area contributed by atoms with E-state index in [1.54, 1.807) is 45.0 Å². The van der Waals surface area contributed by atoms with E-state index in [2.05, 4.69) is 5.32 Å². The summed E-state index contributed by atoms with van der Waals surface area (Å²) < 4.78 is 0. The number of hydrogen-bond acceptors (Lipinski definition) is 5. The first-order chi connectivity index (χ1) is 16.9. The molecule has 0 heterocycles. The summed E-state index contributed by atoms with van der Waals surface area (Å²) in [6.07, 6.45) is -0.163. The maximum atomic E-state index is 13.6. The van der Waals surface area contributed by atoms with Crippen molar-refractivity contribution in [1.29, 1.82) is 0 Å². The summed E-state index contributed by atoms with van der Waals surface area (Å²) in [6, 6.07) is 17.4. The first-order valence-electron chi connectivity index (χ1n) is 12.4. The van der Waals surface area contributed by atoms with Gasteiger partial charge in [0.05, 0.1) is 12.0 Å². The van der Waals surface area contributed by atoms with Crippen molar-refractivity contribution in [3.05, 3.63) is 71.8 Å². The third-order valence-electron chi connectivity index (χ3n) is 6.94. The molecule has 1 N–H and O–H groups in total. The lowest BCUT2D eigenvalue weighted by Crippen LogP contribution is -2.48. The zero-order valence-electron chi connectivity index (χ0n) is 22.0. The lowest BCUT2D eigenvalue weighted by molar-refractivity contribution is -0.140. The first-order valence-corrected chi connectivity index (χ1v) is 12.4. The van der Waals surface area contributed by atoms with Gasteiger partial charge in [0.1, 0.15) is 0 Å². The van der Waals surface area contributed by atoms with E-state index in [4.69, 9.17) is 0 Å². The molecule has 0 aliphatic carbocycles. The Morgan fingerprint density at radius 1 is 0.806 bits per heavy atom. The molecule has 0 spiro atoms. The molecule has 0 bridgehead atoms. The average Bonchev–Trinajstić information content (AvgIpc) is 2.85. The van der Waals surface area contributed by atoms with Crippen molar-refractivity contribution in [2.45, 2.75) is 65.8 Å². The predicted octanol–water partition coefficient (Wildman–Crippen LogP) is 4.75. The lowest BCUT2D eigenvalue weighted by Gasteiger charge is -2.34. The average molecular weight is 492 g/mol. The minimum absolute atomic E-state index is 0.0317. The van der Waals surface area contributed by atoms with E-state index < -0.39 is 40.8 Å². The third kappa shape index (κ3) is 7.30. The quantitative estimate of drug-likeness (QED) is 0.322. The number of carbonyl (C=O) groups is 5. The number of nitrogens with one attached hydrogen (secondary N) is 1. The van der Waals surface area contributed by atoms with Crippen LogP contribution in [-0.2, 0) is 24.6 Å². The lowest BCUT2D eigenvalue weighted by atomic mass is 9.70. The molecule has 192 valence electrons. The highest BCUT2D eigenvalue weighted by atomic mass is 16.2. The van der Waals surface area contributed by atoms with Crippen molar-refractivity contribution in [2.75, 3.05) is 0 Å². The SMILES string of the molecule is CC(=O)C(=O)[C@@H](CC(=O)[C@H](C)NC(=O)[C@@H](CC(=O)c1ccccc1)C(C)(C)c1ccccc1)C(C)C. The molecule has 0 aliphatic rings. The van der Waals surface area contributed by atoms with Crippen LogP contribution in [0.4, 0.5) is 0 Å². The molecule has 2 aromatic rings. The van der Waals surface area contributed by atoms with Gasteiger partial charge < -0.3 is 5.32 Å². The number of benzene rings is 2. The van der Waals surface area contributed by atoms with Gasteiger partial charge in [-0.15, -0.1) is 0 Å². The van der Waals surface area contributed by atoms with Crippen LogP contribution in [0.2, 0.25) is 0 Å². The molecule has 6 heteroatoms. The van der Waals surface area contributed by atoms with Crippen molar-refractivity contribution in [3.63, 3.8) is 0 Å². The van der Waals surface area contributed by atoms with Gasteiger partial charge in [0.2, 0.25) is 11.7 Å². The van der Waals surface area contributed by atoms with Gasteiger partial charge in [-0.25, -0.2) is 0 Å². The number of ketones is 4. The van der Waals surface area contributed by atoms with Gasteiger partial charge in [0.25, 0.3) is 0 Å². The number of Topliss-reactive ketones (excluding diaryl/α,β-unsaturated/α-hetero) is 4. The standard InChI is InChI=1S/C30H37NO5/c1-19(2)24(28(35)21(4)32)17-26(33)20(3)31-29(36)25(18-27(34)22-13-9-7-10-14-22)30(5,6)23-15-11-8-12-16-23/h7-16,19-20,24-25H,17-18H2,1-6H3,(H,31,36)/t20-,24-,25+/m0/s1. The highest BCUT2D eigenvalue weighted by Gasteiger charge is 2.39. The normalized spacial score (nSPS) is 14.0. The Balaban J connectivity index is 2.27. The molecular formula is C30H37NO5. The zero-order chi connectivity index (χ0) is 27.0. The maximum Gasteiger partial charge on any atom is 0.225 e. The van der Waals surface area contributed by atoms with Crippen LogP contribution in [0.1, 0.15) is 70.3 Å². The topological polar surface area (TPSA) is 97.4 Å². The molecule has 0 radical (unpaired) electrons. The Hall–Kier alpha value is -3.41. The van der Waals surface area contributed by atoms with Crippen molar-refractivity contribution in [3.8, 4) is 0 Å². The Labute approximate surface area is 213 Å². The van der Waals surface area contributed by atoms with E-state index in [-0.39, 0.29) is 30.3 Å². The molecule has 1 amide bonds. The molecule has 0 aliphatic heterocycles. The molecule has 0 saturated heterocycles. The molecular weight excluding hydrogens is 454 g/mol. The van der Waals surface area contributed by atoms with Crippen LogP contribution in [0.5, 0.6) is 0 Å². The van der Waals surface area contributed by atoms with Crippen LogP contribution in [0.25, 0.3) is 0 Å². The van der Waals surface area contributed by atoms with Gasteiger partial charge in [-0.1, -0.05) is 88.4 Å². The number of carbonyl (C=O) groups excluding carboxylic acids is 5. The monoisotopic (exact) mass is 491 g/mol. The zero-order valence-corrected chi connectivity index (χ0v) is 22.0. The van der Waals surface area contributed by atoms with E-state index in [1.807, 2.05) is 50.2 Å². The smallest absolute Gasteiger partial charge is 0.225 e. The van der Waals surface area contributed by atoms with Crippen molar-refractivity contribution < 1.29 is 24.0 Å². The molecule has 2 rings (SSSR count). The molecule has 36 heavy (non-hydrogen) atoms. The van der Waals surface area contributed by atoms with Crippen molar-refractivity contribution >= 4 is 29.0 Å².